The van der Waals surface area contributed by atoms with Crippen LogP contribution in [0.2, 0.25) is 10.3 Å². The molecule has 116 valence electrons. The van der Waals surface area contributed by atoms with Gasteiger partial charge in [0.2, 0.25) is 0 Å². The summed E-state index contributed by atoms with van der Waals surface area (Å²) in [5.41, 5.74) is 1.39. The summed E-state index contributed by atoms with van der Waals surface area (Å²) in [6.07, 6.45) is 2.92. The van der Waals surface area contributed by atoms with Crippen molar-refractivity contribution in [2.75, 3.05) is 7.11 Å². The molecule has 1 aromatic carbocycles. The van der Waals surface area contributed by atoms with Crippen LogP contribution in [0.1, 0.15) is 10.4 Å². The van der Waals surface area contributed by atoms with E-state index in [4.69, 9.17) is 27.9 Å². The smallest absolute Gasteiger partial charge is 0.343 e. The van der Waals surface area contributed by atoms with E-state index in [-0.39, 0.29) is 21.6 Å². The predicted octanol–water partition coefficient (Wildman–Crippen LogP) is 3.42. The second-order valence-corrected chi connectivity index (χ2v) is 5.17. The standard InChI is InChI=1S/C15H10Cl2N4O2/c1-23-15(22)10-12(11-14(17)19-8-7-18-11)21(20-13(10)16)9-5-3-2-4-6-9/h2-8H,1H3. The fourth-order valence-corrected chi connectivity index (χ4v) is 2.57. The number of rotatable bonds is 3. The van der Waals surface area contributed by atoms with Crippen molar-refractivity contribution in [3.8, 4) is 17.1 Å². The highest BCUT2D eigenvalue weighted by atomic mass is 35.5. The molecule has 0 aliphatic rings. The molecule has 0 aliphatic heterocycles. The van der Waals surface area contributed by atoms with E-state index in [1.807, 2.05) is 30.3 Å². The Bertz CT molecular complexity index is 865. The average molecular weight is 349 g/mol. The van der Waals surface area contributed by atoms with E-state index in [2.05, 4.69) is 15.1 Å². The van der Waals surface area contributed by atoms with Crippen molar-refractivity contribution in [1.82, 2.24) is 19.7 Å². The van der Waals surface area contributed by atoms with Gasteiger partial charge in [0.05, 0.1) is 12.8 Å². The molecule has 6 nitrogen and oxygen atoms in total. The number of esters is 1. The third-order valence-corrected chi connectivity index (χ3v) is 3.65. The Labute approximate surface area is 141 Å². The van der Waals surface area contributed by atoms with Crippen LogP contribution in [0.3, 0.4) is 0 Å². The van der Waals surface area contributed by atoms with Crippen molar-refractivity contribution < 1.29 is 9.53 Å². The molecule has 2 aromatic heterocycles. The lowest BCUT2D eigenvalue weighted by Gasteiger charge is -2.09. The van der Waals surface area contributed by atoms with Gasteiger partial charge in [-0.15, -0.1) is 0 Å². The number of carbonyl (C=O) groups is 1. The van der Waals surface area contributed by atoms with Crippen LogP contribution < -0.4 is 0 Å². The van der Waals surface area contributed by atoms with Gasteiger partial charge < -0.3 is 4.74 Å². The minimum Gasteiger partial charge on any atom is -0.465 e. The van der Waals surface area contributed by atoms with Crippen LogP contribution in [0, 0.1) is 0 Å². The van der Waals surface area contributed by atoms with E-state index >= 15 is 0 Å². The van der Waals surface area contributed by atoms with Gasteiger partial charge in [-0.3, -0.25) is 0 Å². The normalized spacial score (nSPS) is 10.6. The van der Waals surface area contributed by atoms with Crippen molar-refractivity contribution in [2.45, 2.75) is 0 Å². The maximum absolute atomic E-state index is 12.1. The topological polar surface area (TPSA) is 69.9 Å². The first-order chi connectivity index (χ1) is 11.1. The number of hydrogen-bond acceptors (Lipinski definition) is 5. The summed E-state index contributed by atoms with van der Waals surface area (Å²) in [4.78, 5) is 20.3. The van der Waals surface area contributed by atoms with E-state index in [0.717, 1.165) is 0 Å². The Morgan fingerprint density at radius 3 is 2.43 bits per heavy atom. The lowest BCUT2D eigenvalue weighted by atomic mass is 10.2. The summed E-state index contributed by atoms with van der Waals surface area (Å²) in [5.74, 6) is -0.631. The molecule has 0 aliphatic carbocycles. The van der Waals surface area contributed by atoms with Crippen molar-refractivity contribution in [3.05, 3.63) is 58.6 Å². The molecule has 3 aromatic rings. The highest BCUT2D eigenvalue weighted by Crippen LogP contribution is 2.33. The second kappa shape index (κ2) is 6.36. The summed E-state index contributed by atoms with van der Waals surface area (Å²) < 4.78 is 6.29. The van der Waals surface area contributed by atoms with Gasteiger partial charge in [0.25, 0.3) is 0 Å². The maximum atomic E-state index is 12.1. The van der Waals surface area contributed by atoms with Crippen molar-refractivity contribution in [3.63, 3.8) is 0 Å². The summed E-state index contributed by atoms with van der Waals surface area (Å²) in [7, 11) is 1.26. The summed E-state index contributed by atoms with van der Waals surface area (Å²) in [6.45, 7) is 0. The number of ether oxygens (including phenoxy) is 1. The van der Waals surface area contributed by atoms with Gasteiger partial charge in [-0.1, -0.05) is 41.4 Å². The number of aromatic nitrogens is 4. The monoisotopic (exact) mass is 348 g/mol. The Morgan fingerprint density at radius 2 is 1.78 bits per heavy atom. The molecule has 8 heteroatoms. The molecule has 0 unspecified atom stereocenters. The Morgan fingerprint density at radius 1 is 1.09 bits per heavy atom. The third-order valence-electron chi connectivity index (χ3n) is 3.11. The number of methoxy groups -OCH3 is 1. The molecule has 0 saturated carbocycles. The highest BCUT2D eigenvalue weighted by molar-refractivity contribution is 6.34. The molecule has 3 rings (SSSR count). The summed E-state index contributed by atoms with van der Waals surface area (Å²) >= 11 is 12.3. The number of carbonyl (C=O) groups excluding carboxylic acids is 1. The quantitative estimate of drug-likeness (QED) is 0.678. The fraction of sp³-hybridized carbons (Fsp3) is 0.0667. The van der Waals surface area contributed by atoms with Gasteiger partial charge in [0, 0.05) is 12.4 Å². The van der Waals surface area contributed by atoms with Crippen LogP contribution >= 0.6 is 23.2 Å². The second-order valence-electron chi connectivity index (χ2n) is 4.45. The van der Waals surface area contributed by atoms with Crippen LogP contribution in [0.4, 0.5) is 0 Å². The first kappa shape index (κ1) is 15.5. The van der Waals surface area contributed by atoms with Gasteiger partial charge in [0.1, 0.15) is 17.0 Å². The van der Waals surface area contributed by atoms with Gasteiger partial charge in [-0.2, -0.15) is 5.10 Å². The average Bonchev–Trinajstić information content (AvgIpc) is 2.92. The van der Waals surface area contributed by atoms with E-state index in [0.29, 0.717) is 11.4 Å². The van der Waals surface area contributed by atoms with E-state index in [1.165, 1.54) is 24.2 Å². The van der Waals surface area contributed by atoms with Crippen LogP contribution in [-0.4, -0.2) is 32.8 Å². The SMILES string of the molecule is COC(=O)c1c(Cl)nn(-c2ccccc2)c1-c1nccnc1Cl. The minimum absolute atomic E-state index is 0.00239. The molecule has 0 N–H and O–H groups in total. The van der Waals surface area contributed by atoms with Crippen LogP contribution in [0.25, 0.3) is 17.1 Å². The predicted molar refractivity (Wildman–Crippen MR) is 85.9 cm³/mol. The first-order valence-electron chi connectivity index (χ1n) is 6.52. The number of benzene rings is 1. The van der Waals surface area contributed by atoms with Crippen LogP contribution in [0.15, 0.2) is 42.7 Å². The number of para-hydroxylation sites is 1. The Kier molecular flexibility index (Phi) is 4.27. The highest BCUT2D eigenvalue weighted by Gasteiger charge is 2.28. The molecule has 0 amide bonds. The molecule has 0 bridgehead atoms. The number of halogens is 2. The molecule has 0 saturated heterocycles. The maximum Gasteiger partial charge on any atom is 0.343 e. The minimum atomic E-state index is -0.631. The van der Waals surface area contributed by atoms with E-state index in [1.54, 1.807) is 0 Å². The van der Waals surface area contributed by atoms with Gasteiger partial charge in [-0.05, 0) is 12.1 Å². The number of hydrogen-bond donors (Lipinski definition) is 0. The Balaban J connectivity index is 2.34. The molecule has 2 heterocycles. The fourth-order valence-electron chi connectivity index (χ4n) is 2.13. The zero-order chi connectivity index (χ0) is 16.4. The van der Waals surface area contributed by atoms with Gasteiger partial charge in [0.15, 0.2) is 10.3 Å². The lowest BCUT2D eigenvalue weighted by Crippen LogP contribution is -2.06. The van der Waals surface area contributed by atoms with Gasteiger partial charge in [-0.25, -0.2) is 19.4 Å². The number of nitrogens with zero attached hydrogens (tertiary/aromatic N) is 4. The third kappa shape index (κ3) is 2.78. The van der Waals surface area contributed by atoms with E-state index in [9.17, 15) is 4.79 Å². The molecule has 0 atom stereocenters. The van der Waals surface area contributed by atoms with Crippen LogP contribution in [0.5, 0.6) is 0 Å². The summed E-state index contributed by atoms with van der Waals surface area (Å²) in [5, 5.41) is 4.35. The van der Waals surface area contributed by atoms with Crippen molar-refractivity contribution in [2.24, 2.45) is 0 Å². The Hall–Kier alpha value is -2.44. The van der Waals surface area contributed by atoms with Gasteiger partial charge >= 0.3 is 5.97 Å². The van der Waals surface area contributed by atoms with Crippen molar-refractivity contribution >= 4 is 29.2 Å². The van der Waals surface area contributed by atoms with E-state index < -0.39 is 5.97 Å². The molecular formula is C15H10Cl2N4O2. The van der Waals surface area contributed by atoms with Crippen LogP contribution in [-0.2, 0) is 4.74 Å². The largest absolute Gasteiger partial charge is 0.465 e. The molecule has 23 heavy (non-hydrogen) atoms. The zero-order valence-electron chi connectivity index (χ0n) is 11.9. The van der Waals surface area contributed by atoms with Crippen molar-refractivity contribution in [1.29, 1.82) is 0 Å². The molecule has 0 fully saturated rings. The first-order valence-corrected chi connectivity index (χ1v) is 7.28. The summed E-state index contributed by atoms with van der Waals surface area (Å²) in [6, 6.07) is 9.18. The molecule has 0 spiro atoms. The zero-order valence-corrected chi connectivity index (χ0v) is 13.4. The molecular weight excluding hydrogens is 339 g/mol. The molecule has 0 radical (unpaired) electrons. The lowest BCUT2D eigenvalue weighted by molar-refractivity contribution is 0.0602.